The van der Waals surface area contributed by atoms with Crippen molar-refractivity contribution in [2.75, 3.05) is 6.26 Å². The van der Waals surface area contributed by atoms with Crippen LogP contribution in [0.2, 0.25) is 0 Å². The molecular weight excluding hydrogens is 210 g/mol. The second-order valence-electron chi connectivity index (χ2n) is 3.32. The first-order valence-electron chi connectivity index (χ1n) is 4.52. The van der Waals surface area contributed by atoms with Gasteiger partial charge in [0, 0.05) is 6.20 Å². The van der Waals surface area contributed by atoms with Crippen molar-refractivity contribution in [3.05, 3.63) is 48.7 Å². The van der Waals surface area contributed by atoms with E-state index in [9.17, 15) is 8.42 Å². The molecule has 0 N–H and O–H groups in total. The monoisotopic (exact) mass is 221 g/mol. The average Bonchev–Trinajstić information content (AvgIpc) is 2.67. The lowest BCUT2D eigenvalue weighted by Crippen LogP contribution is -2.09. The van der Waals surface area contributed by atoms with Gasteiger partial charge in [-0.1, -0.05) is 30.3 Å². The summed E-state index contributed by atoms with van der Waals surface area (Å²) in [6, 6.07) is 13.0. The predicted molar refractivity (Wildman–Crippen MR) is 60.1 cm³/mol. The minimum Gasteiger partial charge on any atom is -0.245 e. The van der Waals surface area contributed by atoms with Crippen molar-refractivity contribution < 1.29 is 8.42 Å². The third kappa shape index (κ3) is 1.94. The summed E-state index contributed by atoms with van der Waals surface area (Å²) in [5, 5.41) is 0. The standard InChI is InChI=1S/C11H11NO2S/c1-15(13,14)12-9-5-8-11(12)10-6-3-2-4-7-10/h2-9H,1H3. The van der Waals surface area contributed by atoms with E-state index in [2.05, 4.69) is 0 Å². The molecule has 0 aliphatic heterocycles. The SMILES string of the molecule is CS(=O)(=O)n1cccc1-c1ccccc1. The molecular formula is C11H11NO2S. The minimum atomic E-state index is -3.22. The number of benzene rings is 1. The normalized spacial score (nSPS) is 11.5. The Balaban J connectivity index is 2.61. The second-order valence-corrected chi connectivity index (χ2v) is 5.18. The zero-order chi connectivity index (χ0) is 10.9. The van der Waals surface area contributed by atoms with Gasteiger partial charge in [-0.05, 0) is 17.7 Å². The molecule has 0 aliphatic carbocycles. The Hall–Kier alpha value is -1.55. The van der Waals surface area contributed by atoms with Gasteiger partial charge >= 0.3 is 0 Å². The lowest BCUT2D eigenvalue weighted by molar-refractivity contribution is 0.594. The molecule has 0 bridgehead atoms. The lowest BCUT2D eigenvalue weighted by Gasteiger charge is -2.06. The van der Waals surface area contributed by atoms with E-state index >= 15 is 0 Å². The first-order chi connectivity index (χ1) is 7.09. The third-order valence-corrected chi connectivity index (χ3v) is 3.17. The molecule has 1 aromatic carbocycles. The topological polar surface area (TPSA) is 39.1 Å². The van der Waals surface area contributed by atoms with Crippen LogP contribution in [0.5, 0.6) is 0 Å². The highest BCUT2D eigenvalue weighted by Crippen LogP contribution is 2.20. The Kier molecular flexibility index (Phi) is 2.36. The summed E-state index contributed by atoms with van der Waals surface area (Å²) in [6.45, 7) is 0. The molecule has 0 saturated carbocycles. The fourth-order valence-electron chi connectivity index (χ4n) is 1.49. The summed E-state index contributed by atoms with van der Waals surface area (Å²) in [5.74, 6) is 0. The zero-order valence-corrected chi connectivity index (χ0v) is 9.11. The molecule has 15 heavy (non-hydrogen) atoms. The molecule has 0 spiro atoms. The Bertz CT molecular complexity index is 555. The van der Waals surface area contributed by atoms with Crippen LogP contribution in [0.15, 0.2) is 48.7 Å². The maximum Gasteiger partial charge on any atom is 0.236 e. The van der Waals surface area contributed by atoms with E-state index in [0.717, 1.165) is 5.56 Å². The predicted octanol–water partition coefficient (Wildman–Crippen LogP) is 1.96. The van der Waals surface area contributed by atoms with Crippen molar-refractivity contribution in [2.45, 2.75) is 0 Å². The first kappa shape index (κ1) is 9.98. The van der Waals surface area contributed by atoms with Crippen LogP contribution in [0.4, 0.5) is 0 Å². The smallest absolute Gasteiger partial charge is 0.236 e. The number of hydrogen-bond donors (Lipinski definition) is 0. The molecule has 1 heterocycles. The molecule has 2 aromatic rings. The first-order valence-corrected chi connectivity index (χ1v) is 6.37. The van der Waals surface area contributed by atoms with Gasteiger partial charge in [-0.25, -0.2) is 12.4 Å². The van der Waals surface area contributed by atoms with Crippen LogP contribution in [-0.4, -0.2) is 18.6 Å². The van der Waals surface area contributed by atoms with Crippen molar-refractivity contribution in [1.29, 1.82) is 0 Å². The Labute approximate surface area is 89.0 Å². The van der Waals surface area contributed by atoms with E-state index in [0.29, 0.717) is 5.69 Å². The van der Waals surface area contributed by atoms with Crippen LogP contribution < -0.4 is 0 Å². The molecule has 0 radical (unpaired) electrons. The molecule has 4 heteroatoms. The summed E-state index contributed by atoms with van der Waals surface area (Å²) in [7, 11) is -3.22. The van der Waals surface area contributed by atoms with Gasteiger partial charge < -0.3 is 0 Å². The number of nitrogens with zero attached hydrogens (tertiary/aromatic N) is 1. The fraction of sp³-hybridized carbons (Fsp3) is 0.0909. The molecule has 0 saturated heterocycles. The quantitative estimate of drug-likeness (QED) is 0.777. The minimum absolute atomic E-state index is 0.693. The van der Waals surface area contributed by atoms with Crippen LogP contribution in [-0.2, 0) is 10.0 Å². The van der Waals surface area contributed by atoms with Crippen molar-refractivity contribution in [2.24, 2.45) is 0 Å². The van der Waals surface area contributed by atoms with Gasteiger partial charge in [0.05, 0.1) is 11.9 Å². The van der Waals surface area contributed by atoms with Crippen molar-refractivity contribution >= 4 is 10.0 Å². The molecule has 0 aliphatic rings. The van der Waals surface area contributed by atoms with Crippen LogP contribution in [0.3, 0.4) is 0 Å². The maximum absolute atomic E-state index is 11.5. The molecule has 3 nitrogen and oxygen atoms in total. The molecule has 78 valence electrons. The Morgan fingerprint density at radius 2 is 1.67 bits per heavy atom. The highest BCUT2D eigenvalue weighted by molar-refractivity contribution is 7.89. The number of aromatic nitrogens is 1. The van der Waals surface area contributed by atoms with Crippen LogP contribution in [0.25, 0.3) is 11.3 Å². The molecule has 1 aromatic heterocycles. The summed E-state index contributed by atoms with van der Waals surface area (Å²) < 4.78 is 24.2. The molecule has 0 atom stereocenters. The van der Waals surface area contributed by atoms with Gasteiger partial charge in [0.15, 0.2) is 0 Å². The summed E-state index contributed by atoms with van der Waals surface area (Å²) in [4.78, 5) is 0. The summed E-state index contributed by atoms with van der Waals surface area (Å²) >= 11 is 0. The van der Waals surface area contributed by atoms with Gasteiger partial charge in [0.2, 0.25) is 10.0 Å². The number of rotatable bonds is 2. The van der Waals surface area contributed by atoms with Crippen molar-refractivity contribution in [3.8, 4) is 11.3 Å². The van der Waals surface area contributed by atoms with Gasteiger partial charge in [0.25, 0.3) is 0 Å². The molecule has 2 rings (SSSR count). The second kappa shape index (κ2) is 3.55. The van der Waals surface area contributed by atoms with Crippen molar-refractivity contribution in [1.82, 2.24) is 3.97 Å². The molecule has 0 amide bonds. The van der Waals surface area contributed by atoms with E-state index in [1.54, 1.807) is 18.3 Å². The number of hydrogen-bond acceptors (Lipinski definition) is 2. The van der Waals surface area contributed by atoms with Crippen LogP contribution in [0.1, 0.15) is 0 Å². The van der Waals surface area contributed by atoms with Crippen molar-refractivity contribution in [3.63, 3.8) is 0 Å². The molecule has 0 unspecified atom stereocenters. The van der Waals surface area contributed by atoms with Gasteiger partial charge in [-0.2, -0.15) is 0 Å². The Morgan fingerprint density at radius 1 is 1.00 bits per heavy atom. The van der Waals surface area contributed by atoms with Gasteiger partial charge in [-0.15, -0.1) is 0 Å². The molecule has 0 fully saturated rings. The van der Waals surface area contributed by atoms with Crippen LogP contribution in [0, 0.1) is 0 Å². The van der Waals surface area contributed by atoms with E-state index in [4.69, 9.17) is 0 Å². The van der Waals surface area contributed by atoms with E-state index in [1.165, 1.54) is 10.2 Å². The van der Waals surface area contributed by atoms with Crippen LogP contribution >= 0.6 is 0 Å². The third-order valence-electron chi connectivity index (χ3n) is 2.14. The largest absolute Gasteiger partial charge is 0.245 e. The Morgan fingerprint density at radius 3 is 2.27 bits per heavy atom. The fourth-order valence-corrected chi connectivity index (χ4v) is 2.30. The highest BCUT2D eigenvalue weighted by Gasteiger charge is 2.10. The summed E-state index contributed by atoms with van der Waals surface area (Å²) in [6.07, 6.45) is 2.75. The van der Waals surface area contributed by atoms with E-state index < -0.39 is 10.0 Å². The zero-order valence-electron chi connectivity index (χ0n) is 8.29. The van der Waals surface area contributed by atoms with Gasteiger partial charge in [0.1, 0.15) is 0 Å². The maximum atomic E-state index is 11.5. The highest BCUT2D eigenvalue weighted by atomic mass is 32.2. The van der Waals surface area contributed by atoms with E-state index in [-0.39, 0.29) is 0 Å². The average molecular weight is 221 g/mol. The van der Waals surface area contributed by atoms with E-state index in [1.807, 2.05) is 30.3 Å². The lowest BCUT2D eigenvalue weighted by atomic mass is 10.2. The van der Waals surface area contributed by atoms with Gasteiger partial charge in [-0.3, -0.25) is 0 Å². The summed E-state index contributed by atoms with van der Waals surface area (Å²) in [5.41, 5.74) is 1.59.